The number of carbonyl (C=O) groups is 2. The van der Waals surface area contributed by atoms with E-state index in [0.717, 1.165) is 31.3 Å². The van der Waals surface area contributed by atoms with Crippen LogP contribution in [0.1, 0.15) is 39.5 Å². The van der Waals surface area contributed by atoms with Crippen molar-refractivity contribution < 1.29 is 19.1 Å². The number of esters is 2. The molecule has 2 fully saturated rings. The van der Waals surface area contributed by atoms with E-state index in [1.54, 1.807) is 13.0 Å². The summed E-state index contributed by atoms with van der Waals surface area (Å²) in [5.74, 6) is 0.215. The normalized spacial score (nSPS) is 29.8. The van der Waals surface area contributed by atoms with Gasteiger partial charge in [0.1, 0.15) is 0 Å². The van der Waals surface area contributed by atoms with E-state index < -0.39 is 23.6 Å². The average molecular weight is 328 g/mol. The van der Waals surface area contributed by atoms with Crippen LogP contribution in [-0.2, 0) is 19.1 Å². The zero-order valence-electron chi connectivity index (χ0n) is 14.2. The third kappa shape index (κ3) is 4.70. The predicted molar refractivity (Wildman–Crippen MR) is 91.0 cm³/mol. The van der Waals surface area contributed by atoms with E-state index in [0.29, 0.717) is 11.8 Å². The lowest BCUT2D eigenvalue weighted by Crippen LogP contribution is -2.44. The van der Waals surface area contributed by atoms with Crippen LogP contribution in [-0.4, -0.2) is 23.6 Å². The van der Waals surface area contributed by atoms with E-state index in [1.165, 1.54) is 12.2 Å². The smallest absolute Gasteiger partial charge is 0.331 e. The van der Waals surface area contributed by atoms with Crippen LogP contribution >= 0.6 is 0 Å². The Bertz CT molecular complexity index is 632. The molecule has 0 aromatic rings. The highest BCUT2D eigenvalue weighted by Gasteiger charge is 2.39. The van der Waals surface area contributed by atoms with Crippen molar-refractivity contribution in [1.82, 2.24) is 0 Å². The van der Waals surface area contributed by atoms with Crippen LogP contribution in [0, 0.1) is 11.8 Å². The second-order valence-corrected chi connectivity index (χ2v) is 7.10. The molecule has 4 nitrogen and oxygen atoms in total. The molecule has 128 valence electrons. The molecule has 2 saturated carbocycles. The Labute approximate surface area is 142 Å². The molecule has 0 bridgehead atoms. The maximum absolute atomic E-state index is 12.1. The van der Waals surface area contributed by atoms with E-state index in [1.807, 2.05) is 31.2 Å². The zero-order chi connectivity index (χ0) is 17.2. The topological polar surface area (TPSA) is 52.6 Å². The summed E-state index contributed by atoms with van der Waals surface area (Å²) in [4.78, 5) is 24.1. The summed E-state index contributed by atoms with van der Waals surface area (Å²) in [5.41, 5.74) is -0.0193. The molecule has 0 aromatic carbocycles. The van der Waals surface area contributed by atoms with Crippen LogP contribution in [0.15, 0.2) is 48.1 Å². The summed E-state index contributed by atoms with van der Waals surface area (Å²) in [7, 11) is 0. The van der Waals surface area contributed by atoms with Gasteiger partial charge >= 0.3 is 11.9 Å². The Morgan fingerprint density at radius 2 is 1.67 bits per heavy atom. The molecular weight excluding hydrogens is 304 g/mol. The summed E-state index contributed by atoms with van der Waals surface area (Å²) < 4.78 is 11.1. The van der Waals surface area contributed by atoms with E-state index >= 15 is 0 Å². The third-order valence-corrected chi connectivity index (χ3v) is 4.47. The second kappa shape index (κ2) is 6.80. The molecule has 24 heavy (non-hydrogen) atoms. The monoisotopic (exact) mass is 328 g/mol. The van der Waals surface area contributed by atoms with Gasteiger partial charge < -0.3 is 9.47 Å². The van der Waals surface area contributed by atoms with Gasteiger partial charge in [-0.25, -0.2) is 9.59 Å². The molecule has 0 aliphatic heterocycles. The number of hydrogen-bond donors (Lipinski definition) is 0. The van der Waals surface area contributed by atoms with Crippen LogP contribution < -0.4 is 0 Å². The van der Waals surface area contributed by atoms with Gasteiger partial charge in [-0.15, -0.1) is 0 Å². The van der Waals surface area contributed by atoms with Gasteiger partial charge in [-0.1, -0.05) is 23.8 Å². The highest BCUT2D eigenvalue weighted by molar-refractivity contribution is 5.83. The Hall–Kier alpha value is -2.10. The molecule has 0 aromatic heterocycles. The van der Waals surface area contributed by atoms with Gasteiger partial charge in [0.05, 0.1) is 0 Å². The molecule has 3 rings (SSSR count). The van der Waals surface area contributed by atoms with Gasteiger partial charge in [0.2, 0.25) is 0 Å². The molecule has 3 aliphatic rings. The summed E-state index contributed by atoms with van der Waals surface area (Å²) in [5, 5.41) is 0. The van der Waals surface area contributed by atoms with Crippen LogP contribution in [0.4, 0.5) is 0 Å². The Morgan fingerprint density at radius 1 is 1.08 bits per heavy atom. The minimum absolute atomic E-state index is 0.401. The van der Waals surface area contributed by atoms with Crippen molar-refractivity contribution in [2.75, 3.05) is 0 Å². The van der Waals surface area contributed by atoms with Crippen molar-refractivity contribution in [3.8, 4) is 0 Å². The maximum atomic E-state index is 12.1. The van der Waals surface area contributed by atoms with E-state index in [9.17, 15) is 9.59 Å². The summed E-state index contributed by atoms with van der Waals surface area (Å²) in [6.45, 7) is 3.68. The number of ether oxygens (including phenoxy) is 2. The molecule has 2 atom stereocenters. The minimum atomic E-state index is -0.992. The first kappa shape index (κ1) is 16.7. The van der Waals surface area contributed by atoms with Crippen molar-refractivity contribution >= 4 is 11.9 Å². The lowest BCUT2D eigenvalue weighted by atomic mass is 9.91. The highest BCUT2D eigenvalue weighted by atomic mass is 16.6. The van der Waals surface area contributed by atoms with Crippen LogP contribution in [0.5, 0.6) is 0 Å². The van der Waals surface area contributed by atoms with Crippen LogP contribution in [0.25, 0.3) is 0 Å². The quantitative estimate of drug-likeness (QED) is 0.552. The molecule has 2 unspecified atom stereocenters. The Morgan fingerprint density at radius 3 is 2.25 bits per heavy atom. The molecule has 0 amide bonds. The maximum Gasteiger partial charge on any atom is 0.331 e. The van der Waals surface area contributed by atoms with Crippen molar-refractivity contribution in [1.29, 1.82) is 0 Å². The highest BCUT2D eigenvalue weighted by Crippen LogP contribution is 2.32. The van der Waals surface area contributed by atoms with Crippen molar-refractivity contribution in [2.45, 2.75) is 51.2 Å². The average Bonchev–Trinajstić information content (AvgIpc) is 3.42. The predicted octanol–water partition coefficient (Wildman–Crippen LogP) is 3.65. The summed E-state index contributed by atoms with van der Waals surface area (Å²) in [6.07, 6.45) is 16.1. The summed E-state index contributed by atoms with van der Waals surface area (Å²) >= 11 is 0. The van der Waals surface area contributed by atoms with E-state index in [4.69, 9.17) is 9.47 Å². The fraction of sp³-hybridized carbons (Fsp3) is 0.500. The third-order valence-electron chi connectivity index (χ3n) is 4.47. The first-order chi connectivity index (χ1) is 11.4. The van der Waals surface area contributed by atoms with Gasteiger partial charge in [0, 0.05) is 12.2 Å². The minimum Gasteiger partial charge on any atom is -0.450 e. The molecule has 0 saturated heterocycles. The lowest BCUT2D eigenvalue weighted by Gasteiger charge is -2.34. The molecule has 4 heteroatoms. The lowest BCUT2D eigenvalue weighted by molar-refractivity contribution is -0.165. The van der Waals surface area contributed by atoms with Crippen LogP contribution in [0.3, 0.4) is 0 Å². The number of carbonyl (C=O) groups excluding carboxylic acids is 2. The fourth-order valence-corrected chi connectivity index (χ4v) is 2.52. The first-order valence-electron chi connectivity index (χ1n) is 8.62. The largest absolute Gasteiger partial charge is 0.450 e. The Balaban J connectivity index is 1.64. The molecular formula is C20H24O4. The van der Waals surface area contributed by atoms with Gasteiger partial charge in [0.15, 0.2) is 11.7 Å². The van der Waals surface area contributed by atoms with Gasteiger partial charge in [-0.05, 0) is 63.5 Å². The van der Waals surface area contributed by atoms with Crippen LogP contribution in [0.2, 0.25) is 0 Å². The zero-order valence-corrected chi connectivity index (χ0v) is 14.2. The number of rotatable bonds is 6. The SMILES string of the molecule is CC1=CC(OC(=O)/C=C/C2CC2)C(C)(OC(=O)/C=C/C2CC2)C=C1. The molecule has 0 N–H and O–H groups in total. The van der Waals surface area contributed by atoms with Crippen molar-refractivity contribution in [3.05, 3.63) is 48.1 Å². The number of allylic oxidation sites excluding steroid dienone is 4. The molecule has 0 radical (unpaired) electrons. The molecule has 0 heterocycles. The van der Waals surface area contributed by atoms with Gasteiger partial charge in [-0.3, -0.25) is 0 Å². The summed E-state index contributed by atoms with van der Waals surface area (Å²) in [6, 6.07) is 0. The molecule has 0 spiro atoms. The second-order valence-electron chi connectivity index (χ2n) is 7.10. The van der Waals surface area contributed by atoms with Gasteiger partial charge in [0.25, 0.3) is 0 Å². The number of hydrogen-bond acceptors (Lipinski definition) is 4. The van der Waals surface area contributed by atoms with E-state index in [2.05, 4.69) is 0 Å². The molecule has 3 aliphatic carbocycles. The van der Waals surface area contributed by atoms with Gasteiger partial charge in [-0.2, -0.15) is 0 Å². The van der Waals surface area contributed by atoms with E-state index in [-0.39, 0.29) is 0 Å². The standard InChI is InChI=1S/C20H24O4/c1-14-11-12-20(2,24-19(22)10-8-16-5-6-16)17(13-14)23-18(21)9-7-15-3-4-15/h7-13,15-17H,3-6H2,1-2H3/b9-7+,10-8+. The first-order valence-corrected chi connectivity index (χ1v) is 8.62. The van der Waals surface area contributed by atoms with Crippen molar-refractivity contribution in [2.24, 2.45) is 11.8 Å². The van der Waals surface area contributed by atoms with Crippen molar-refractivity contribution in [3.63, 3.8) is 0 Å². The fourth-order valence-electron chi connectivity index (χ4n) is 2.52. The Kier molecular flexibility index (Phi) is 4.74.